The molecule has 1 aromatic rings. The van der Waals surface area contributed by atoms with Gasteiger partial charge in [-0.3, -0.25) is 0 Å². The molecule has 0 bridgehead atoms. The second kappa shape index (κ2) is 5.25. The smallest absolute Gasteiger partial charge is 0.0934 e. The van der Waals surface area contributed by atoms with E-state index in [9.17, 15) is 0 Å². The lowest BCUT2D eigenvalue weighted by Crippen LogP contribution is -2.28. The summed E-state index contributed by atoms with van der Waals surface area (Å²) in [6, 6.07) is 0. The molecule has 1 N–H and O–H groups in total. The number of aryl methyl sites for hydroxylation is 1. The SMILES string of the molecule is COCCNCC1(Cc2nc(C)cs2)CC1. The number of ether oxygens (including phenoxy) is 1. The van der Waals surface area contributed by atoms with Crippen molar-refractivity contribution >= 4 is 11.3 Å². The second-order valence-electron chi connectivity index (χ2n) is 4.73. The number of methoxy groups -OCH3 is 1. The molecule has 1 aliphatic rings. The molecule has 16 heavy (non-hydrogen) atoms. The molecule has 0 spiro atoms. The van der Waals surface area contributed by atoms with Gasteiger partial charge in [0.1, 0.15) is 0 Å². The topological polar surface area (TPSA) is 34.1 Å². The molecular weight excluding hydrogens is 220 g/mol. The average molecular weight is 240 g/mol. The first-order valence-electron chi connectivity index (χ1n) is 5.85. The van der Waals surface area contributed by atoms with Gasteiger partial charge in [0, 0.05) is 37.7 Å². The molecular formula is C12H20N2OS. The molecule has 2 rings (SSSR count). The summed E-state index contributed by atoms with van der Waals surface area (Å²) in [5.41, 5.74) is 1.65. The molecule has 0 aliphatic heterocycles. The van der Waals surface area contributed by atoms with E-state index in [-0.39, 0.29) is 0 Å². The van der Waals surface area contributed by atoms with E-state index in [1.807, 2.05) is 0 Å². The summed E-state index contributed by atoms with van der Waals surface area (Å²) in [5.74, 6) is 0. The molecule has 4 heteroatoms. The van der Waals surface area contributed by atoms with Crippen molar-refractivity contribution in [2.45, 2.75) is 26.2 Å². The summed E-state index contributed by atoms with van der Waals surface area (Å²) in [5, 5.41) is 6.91. The molecule has 90 valence electrons. The van der Waals surface area contributed by atoms with Gasteiger partial charge in [-0.25, -0.2) is 4.98 Å². The largest absolute Gasteiger partial charge is 0.383 e. The Hall–Kier alpha value is -0.450. The lowest BCUT2D eigenvalue weighted by molar-refractivity contribution is 0.197. The van der Waals surface area contributed by atoms with Crippen LogP contribution in [0.25, 0.3) is 0 Å². The van der Waals surface area contributed by atoms with Gasteiger partial charge >= 0.3 is 0 Å². The van der Waals surface area contributed by atoms with E-state index >= 15 is 0 Å². The van der Waals surface area contributed by atoms with Crippen molar-refractivity contribution in [3.63, 3.8) is 0 Å². The number of hydrogen-bond donors (Lipinski definition) is 1. The number of nitrogens with zero attached hydrogens (tertiary/aromatic N) is 1. The van der Waals surface area contributed by atoms with Crippen LogP contribution >= 0.6 is 11.3 Å². The molecule has 1 aliphatic carbocycles. The summed E-state index contributed by atoms with van der Waals surface area (Å²) in [4.78, 5) is 4.55. The minimum atomic E-state index is 0.498. The Balaban J connectivity index is 1.75. The third-order valence-corrected chi connectivity index (χ3v) is 4.10. The minimum Gasteiger partial charge on any atom is -0.383 e. The van der Waals surface area contributed by atoms with E-state index in [0.717, 1.165) is 31.8 Å². The molecule has 0 atom stereocenters. The van der Waals surface area contributed by atoms with Gasteiger partial charge in [-0.2, -0.15) is 0 Å². The highest BCUT2D eigenvalue weighted by Gasteiger charge is 2.42. The summed E-state index contributed by atoms with van der Waals surface area (Å²) >= 11 is 1.80. The van der Waals surface area contributed by atoms with Gasteiger partial charge in [0.25, 0.3) is 0 Å². The van der Waals surface area contributed by atoms with Crippen molar-refractivity contribution in [2.24, 2.45) is 5.41 Å². The van der Waals surface area contributed by atoms with Gasteiger partial charge in [0.2, 0.25) is 0 Å². The quantitative estimate of drug-likeness (QED) is 0.740. The van der Waals surface area contributed by atoms with Crippen molar-refractivity contribution in [3.05, 3.63) is 16.1 Å². The molecule has 0 unspecified atom stereocenters. The van der Waals surface area contributed by atoms with Crippen molar-refractivity contribution in [1.82, 2.24) is 10.3 Å². The monoisotopic (exact) mass is 240 g/mol. The fourth-order valence-electron chi connectivity index (χ4n) is 1.93. The third-order valence-electron chi connectivity index (χ3n) is 3.13. The minimum absolute atomic E-state index is 0.498. The highest BCUT2D eigenvalue weighted by Crippen LogP contribution is 2.48. The van der Waals surface area contributed by atoms with E-state index in [1.165, 1.54) is 17.8 Å². The Morgan fingerprint density at radius 3 is 2.94 bits per heavy atom. The van der Waals surface area contributed by atoms with Crippen LogP contribution in [0.1, 0.15) is 23.5 Å². The zero-order chi connectivity index (χ0) is 11.4. The fourth-order valence-corrected chi connectivity index (χ4v) is 2.87. The molecule has 0 radical (unpaired) electrons. The summed E-state index contributed by atoms with van der Waals surface area (Å²) in [6.45, 7) is 4.92. The zero-order valence-electron chi connectivity index (χ0n) is 10.1. The predicted molar refractivity (Wildman–Crippen MR) is 67.0 cm³/mol. The van der Waals surface area contributed by atoms with Crippen LogP contribution in [0, 0.1) is 12.3 Å². The maximum absolute atomic E-state index is 5.03. The number of nitrogens with one attached hydrogen (secondary N) is 1. The molecule has 0 aromatic carbocycles. The van der Waals surface area contributed by atoms with E-state index in [4.69, 9.17) is 4.74 Å². The van der Waals surface area contributed by atoms with Gasteiger partial charge in [0.15, 0.2) is 0 Å². The van der Waals surface area contributed by atoms with Crippen LogP contribution in [0.3, 0.4) is 0 Å². The Morgan fingerprint density at radius 2 is 2.38 bits per heavy atom. The summed E-state index contributed by atoms with van der Waals surface area (Å²) in [7, 11) is 1.74. The highest BCUT2D eigenvalue weighted by atomic mass is 32.1. The lowest BCUT2D eigenvalue weighted by Gasteiger charge is -2.14. The average Bonchev–Trinajstić information content (AvgIpc) is 2.90. The van der Waals surface area contributed by atoms with Gasteiger partial charge in [0.05, 0.1) is 11.6 Å². The molecule has 1 fully saturated rings. The van der Waals surface area contributed by atoms with E-state index in [2.05, 4.69) is 22.6 Å². The molecule has 1 heterocycles. The summed E-state index contributed by atoms with van der Waals surface area (Å²) in [6.07, 6.45) is 3.82. The van der Waals surface area contributed by atoms with Crippen LogP contribution in [0.5, 0.6) is 0 Å². The third kappa shape index (κ3) is 3.27. The first-order chi connectivity index (χ1) is 7.74. The Bertz CT molecular complexity index is 334. The molecule has 1 aromatic heterocycles. The van der Waals surface area contributed by atoms with Crippen molar-refractivity contribution in [1.29, 1.82) is 0 Å². The second-order valence-corrected chi connectivity index (χ2v) is 5.67. The maximum Gasteiger partial charge on any atom is 0.0934 e. The van der Waals surface area contributed by atoms with Crippen LogP contribution in [0.2, 0.25) is 0 Å². The van der Waals surface area contributed by atoms with Crippen LogP contribution in [0.15, 0.2) is 5.38 Å². The standard InChI is InChI=1S/C12H20N2OS/c1-10-8-16-11(14-10)7-12(3-4-12)9-13-5-6-15-2/h8,13H,3-7,9H2,1-2H3. The zero-order valence-corrected chi connectivity index (χ0v) is 10.9. The number of aromatic nitrogens is 1. The number of rotatable bonds is 7. The molecule has 3 nitrogen and oxygen atoms in total. The van der Waals surface area contributed by atoms with Crippen LogP contribution in [0.4, 0.5) is 0 Å². The van der Waals surface area contributed by atoms with E-state index < -0.39 is 0 Å². The molecule has 1 saturated carbocycles. The first-order valence-corrected chi connectivity index (χ1v) is 6.73. The summed E-state index contributed by atoms with van der Waals surface area (Å²) < 4.78 is 5.03. The van der Waals surface area contributed by atoms with Crippen molar-refractivity contribution in [3.8, 4) is 0 Å². The van der Waals surface area contributed by atoms with Crippen LogP contribution in [-0.4, -0.2) is 31.8 Å². The lowest BCUT2D eigenvalue weighted by atomic mass is 10.0. The Labute approximate surface area is 101 Å². The molecule has 0 saturated heterocycles. The van der Waals surface area contributed by atoms with E-state index in [1.54, 1.807) is 18.4 Å². The van der Waals surface area contributed by atoms with Crippen molar-refractivity contribution < 1.29 is 4.74 Å². The Morgan fingerprint density at radius 1 is 1.56 bits per heavy atom. The predicted octanol–water partition coefficient (Wildman–Crippen LogP) is 2.01. The van der Waals surface area contributed by atoms with Crippen LogP contribution < -0.4 is 5.32 Å². The van der Waals surface area contributed by atoms with Gasteiger partial charge in [-0.1, -0.05) is 0 Å². The highest BCUT2D eigenvalue weighted by molar-refractivity contribution is 7.09. The molecule has 0 amide bonds. The first kappa shape index (κ1) is 12.0. The van der Waals surface area contributed by atoms with Gasteiger partial charge in [-0.15, -0.1) is 11.3 Å². The maximum atomic E-state index is 5.03. The van der Waals surface area contributed by atoms with Gasteiger partial charge < -0.3 is 10.1 Å². The normalized spacial score (nSPS) is 17.6. The van der Waals surface area contributed by atoms with E-state index in [0.29, 0.717) is 5.41 Å². The number of hydrogen-bond acceptors (Lipinski definition) is 4. The van der Waals surface area contributed by atoms with Crippen molar-refractivity contribution in [2.75, 3.05) is 26.8 Å². The fraction of sp³-hybridized carbons (Fsp3) is 0.750. The number of thiazole rings is 1. The Kier molecular flexibility index (Phi) is 3.95. The van der Waals surface area contributed by atoms with Gasteiger partial charge in [-0.05, 0) is 25.2 Å². The van der Waals surface area contributed by atoms with Crippen LogP contribution in [-0.2, 0) is 11.2 Å².